The molecule has 1 saturated heterocycles. The van der Waals surface area contributed by atoms with Crippen LogP contribution in [-0.2, 0) is 0 Å². The van der Waals surface area contributed by atoms with Gasteiger partial charge in [-0.3, -0.25) is 4.98 Å². The fraction of sp³-hybridized carbons (Fsp3) is 0.400. The van der Waals surface area contributed by atoms with Crippen LogP contribution in [0.15, 0.2) is 24.9 Å². The van der Waals surface area contributed by atoms with E-state index in [1.165, 1.54) is 0 Å². The molecule has 2 aromatic rings. The zero-order valence-electron chi connectivity index (χ0n) is 8.43. The van der Waals surface area contributed by atoms with Crippen LogP contribution in [0.1, 0.15) is 0 Å². The van der Waals surface area contributed by atoms with Gasteiger partial charge in [0, 0.05) is 38.6 Å². The summed E-state index contributed by atoms with van der Waals surface area (Å²) in [6.07, 6.45) is 7.41. The molecular formula is C10H13N5. The molecule has 1 N–H and O–H groups in total. The Morgan fingerprint density at radius 3 is 3.00 bits per heavy atom. The number of hydrogen-bond acceptors (Lipinski definition) is 4. The number of piperazine rings is 1. The van der Waals surface area contributed by atoms with Crippen molar-refractivity contribution < 1.29 is 0 Å². The summed E-state index contributed by atoms with van der Waals surface area (Å²) in [5.74, 6) is 1.05. The average Bonchev–Trinajstić information content (AvgIpc) is 2.74. The topological polar surface area (TPSA) is 45.5 Å². The van der Waals surface area contributed by atoms with Crippen LogP contribution in [0, 0.1) is 0 Å². The summed E-state index contributed by atoms with van der Waals surface area (Å²) in [7, 11) is 0. The SMILES string of the molecule is c1cn2cnc(N3CCNCC3)c2cn1. The van der Waals surface area contributed by atoms with Crippen molar-refractivity contribution in [2.75, 3.05) is 31.1 Å². The molecule has 0 bridgehead atoms. The van der Waals surface area contributed by atoms with Crippen molar-refractivity contribution in [3.8, 4) is 0 Å². The molecule has 2 aromatic heterocycles. The number of aromatic nitrogens is 3. The molecule has 1 aliphatic heterocycles. The van der Waals surface area contributed by atoms with Crippen molar-refractivity contribution in [3.05, 3.63) is 24.9 Å². The third kappa shape index (κ3) is 1.45. The van der Waals surface area contributed by atoms with Crippen molar-refractivity contribution >= 4 is 11.3 Å². The van der Waals surface area contributed by atoms with E-state index < -0.39 is 0 Å². The van der Waals surface area contributed by atoms with E-state index in [0.29, 0.717) is 0 Å². The molecule has 0 saturated carbocycles. The standard InChI is InChI=1S/C10H13N5/c1-4-14(5-2-11-1)10-9-7-12-3-6-15(9)8-13-10/h3,6-8,11H,1-2,4-5H2. The number of rotatable bonds is 1. The van der Waals surface area contributed by atoms with E-state index >= 15 is 0 Å². The second kappa shape index (κ2) is 3.51. The van der Waals surface area contributed by atoms with E-state index in [4.69, 9.17) is 0 Å². The summed E-state index contributed by atoms with van der Waals surface area (Å²) in [4.78, 5) is 10.9. The maximum absolute atomic E-state index is 4.44. The third-order valence-electron chi connectivity index (χ3n) is 2.74. The molecule has 0 atom stereocenters. The van der Waals surface area contributed by atoms with E-state index in [0.717, 1.165) is 37.5 Å². The largest absolute Gasteiger partial charge is 0.352 e. The Labute approximate surface area is 87.8 Å². The molecule has 3 rings (SSSR count). The summed E-state index contributed by atoms with van der Waals surface area (Å²) in [6, 6.07) is 0. The molecule has 5 nitrogen and oxygen atoms in total. The second-order valence-corrected chi connectivity index (χ2v) is 3.67. The smallest absolute Gasteiger partial charge is 0.156 e. The zero-order chi connectivity index (χ0) is 10.1. The van der Waals surface area contributed by atoms with Crippen molar-refractivity contribution in [3.63, 3.8) is 0 Å². The molecule has 1 fully saturated rings. The van der Waals surface area contributed by atoms with Gasteiger partial charge in [0.1, 0.15) is 11.8 Å². The molecule has 0 aliphatic carbocycles. The van der Waals surface area contributed by atoms with E-state index in [2.05, 4.69) is 20.2 Å². The normalized spacial score (nSPS) is 17.2. The van der Waals surface area contributed by atoms with Crippen molar-refractivity contribution in [2.24, 2.45) is 0 Å². The number of imidazole rings is 1. The molecular weight excluding hydrogens is 190 g/mol. The van der Waals surface area contributed by atoms with Gasteiger partial charge in [0.2, 0.25) is 0 Å². The Morgan fingerprint density at radius 2 is 2.13 bits per heavy atom. The molecule has 3 heterocycles. The van der Waals surface area contributed by atoms with Gasteiger partial charge in [-0.05, 0) is 0 Å². The van der Waals surface area contributed by atoms with Gasteiger partial charge in [-0.25, -0.2) is 4.98 Å². The highest BCUT2D eigenvalue weighted by atomic mass is 15.3. The lowest BCUT2D eigenvalue weighted by Crippen LogP contribution is -2.43. The molecule has 1 aliphatic rings. The number of nitrogens with one attached hydrogen (secondary N) is 1. The summed E-state index contributed by atoms with van der Waals surface area (Å²) in [5, 5.41) is 3.33. The Morgan fingerprint density at radius 1 is 1.27 bits per heavy atom. The summed E-state index contributed by atoms with van der Waals surface area (Å²) in [6.45, 7) is 4.09. The highest BCUT2D eigenvalue weighted by Crippen LogP contribution is 2.18. The molecule has 5 heteroatoms. The lowest BCUT2D eigenvalue weighted by molar-refractivity contribution is 0.587. The lowest BCUT2D eigenvalue weighted by Gasteiger charge is -2.27. The Balaban J connectivity index is 2.02. The van der Waals surface area contributed by atoms with Gasteiger partial charge in [-0.1, -0.05) is 0 Å². The predicted octanol–water partition coefficient (Wildman–Crippen LogP) is 0.139. The highest BCUT2D eigenvalue weighted by molar-refractivity contribution is 5.68. The van der Waals surface area contributed by atoms with E-state index in [1.807, 2.05) is 23.1 Å². The first kappa shape index (κ1) is 8.67. The highest BCUT2D eigenvalue weighted by Gasteiger charge is 2.15. The van der Waals surface area contributed by atoms with Gasteiger partial charge >= 0.3 is 0 Å². The van der Waals surface area contributed by atoms with E-state index in [1.54, 1.807) is 6.20 Å². The first-order chi connectivity index (χ1) is 7.45. The van der Waals surface area contributed by atoms with Gasteiger partial charge < -0.3 is 14.6 Å². The summed E-state index contributed by atoms with van der Waals surface area (Å²) < 4.78 is 2.00. The Kier molecular flexibility index (Phi) is 2.03. The predicted molar refractivity (Wildman–Crippen MR) is 58.1 cm³/mol. The quantitative estimate of drug-likeness (QED) is 0.716. The van der Waals surface area contributed by atoms with Gasteiger partial charge in [0.15, 0.2) is 5.82 Å². The van der Waals surface area contributed by atoms with Crippen LogP contribution in [0.25, 0.3) is 5.52 Å². The molecule has 0 aromatic carbocycles. The second-order valence-electron chi connectivity index (χ2n) is 3.67. The molecule has 78 valence electrons. The fourth-order valence-electron chi connectivity index (χ4n) is 1.95. The van der Waals surface area contributed by atoms with Crippen LogP contribution >= 0.6 is 0 Å². The minimum Gasteiger partial charge on any atom is -0.352 e. The fourth-order valence-corrected chi connectivity index (χ4v) is 1.95. The van der Waals surface area contributed by atoms with Gasteiger partial charge in [0.25, 0.3) is 0 Å². The first-order valence-corrected chi connectivity index (χ1v) is 5.17. The van der Waals surface area contributed by atoms with Crippen LogP contribution in [0.2, 0.25) is 0 Å². The minimum atomic E-state index is 1.02. The van der Waals surface area contributed by atoms with Crippen LogP contribution in [0.4, 0.5) is 5.82 Å². The number of hydrogen-bond donors (Lipinski definition) is 1. The van der Waals surface area contributed by atoms with Crippen LogP contribution in [-0.4, -0.2) is 40.5 Å². The number of nitrogens with zero attached hydrogens (tertiary/aromatic N) is 4. The summed E-state index contributed by atoms with van der Waals surface area (Å²) >= 11 is 0. The lowest BCUT2D eigenvalue weighted by atomic mass is 10.3. The van der Waals surface area contributed by atoms with Gasteiger partial charge in [0.05, 0.1) is 6.20 Å². The third-order valence-corrected chi connectivity index (χ3v) is 2.74. The van der Waals surface area contributed by atoms with Crippen molar-refractivity contribution in [2.45, 2.75) is 0 Å². The number of anilines is 1. The maximum Gasteiger partial charge on any atom is 0.156 e. The first-order valence-electron chi connectivity index (χ1n) is 5.17. The van der Waals surface area contributed by atoms with Crippen molar-refractivity contribution in [1.82, 2.24) is 19.7 Å². The number of fused-ring (bicyclic) bond motifs is 1. The summed E-state index contributed by atoms with van der Waals surface area (Å²) in [5.41, 5.74) is 1.08. The van der Waals surface area contributed by atoms with Crippen LogP contribution in [0.5, 0.6) is 0 Å². The molecule has 0 unspecified atom stereocenters. The van der Waals surface area contributed by atoms with Crippen LogP contribution < -0.4 is 10.2 Å². The maximum atomic E-state index is 4.44. The minimum absolute atomic E-state index is 1.02. The molecule has 0 radical (unpaired) electrons. The van der Waals surface area contributed by atoms with Crippen LogP contribution in [0.3, 0.4) is 0 Å². The van der Waals surface area contributed by atoms with Crippen molar-refractivity contribution in [1.29, 1.82) is 0 Å². The monoisotopic (exact) mass is 203 g/mol. The van der Waals surface area contributed by atoms with E-state index in [-0.39, 0.29) is 0 Å². The average molecular weight is 203 g/mol. The molecule has 0 amide bonds. The molecule has 15 heavy (non-hydrogen) atoms. The zero-order valence-corrected chi connectivity index (χ0v) is 8.43. The van der Waals surface area contributed by atoms with Gasteiger partial charge in [-0.15, -0.1) is 0 Å². The van der Waals surface area contributed by atoms with E-state index in [9.17, 15) is 0 Å². The molecule has 0 spiro atoms. The van der Waals surface area contributed by atoms with Gasteiger partial charge in [-0.2, -0.15) is 0 Å². The Bertz CT molecular complexity index is 458. The Hall–Kier alpha value is -1.62.